The number of halogens is 1. The Morgan fingerprint density at radius 2 is 2.00 bits per heavy atom. The average Bonchev–Trinajstić information content (AvgIpc) is 1.37. The summed E-state index contributed by atoms with van der Waals surface area (Å²) in [6, 6.07) is 0. The molecule has 0 amide bonds. The Bertz CT molecular complexity index is 20.9. The van der Waals surface area contributed by atoms with E-state index in [2.05, 4.69) is 29.2 Å². The van der Waals surface area contributed by atoms with Gasteiger partial charge in [0.2, 0.25) is 0 Å². The molecule has 0 aromatic heterocycles. The molecule has 0 fully saturated rings. The van der Waals surface area contributed by atoms with E-state index in [4.69, 9.17) is 0 Å². The first-order valence-corrected chi connectivity index (χ1v) is 2.61. The lowest BCUT2D eigenvalue weighted by Crippen LogP contribution is -1.43. The molecule has 0 aromatic carbocycles. The molecule has 0 spiro atoms. The maximum absolute atomic E-state index is 3.47. The molecule has 0 saturated heterocycles. The van der Waals surface area contributed by atoms with E-state index in [1.807, 2.05) is 6.08 Å². The van der Waals surface area contributed by atoms with Gasteiger partial charge >= 0.3 is 0 Å². The first-order chi connectivity index (χ1) is 1.91. The lowest BCUT2D eigenvalue weighted by molar-refractivity contribution is 1.90. The smallest absolute Gasteiger partial charge is 0.0173 e. The molecule has 0 heterocycles. The van der Waals surface area contributed by atoms with Crippen molar-refractivity contribution in [2.45, 2.75) is 0 Å². The fourth-order valence-electron chi connectivity index (χ4n) is 0. The van der Waals surface area contributed by atoms with Crippen molar-refractivity contribution in [3.8, 4) is 0 Å². The summed E-state index contributed by atoms with van der Waals surface area (Å²) in [5.41, 5.74) is 0. The van der Waals surface area contributed by atoms with E-state index in [1.54, 1.807) is 0 Å². The molecule has 0 rings (SSSR count). The largest absolute Gasteiger partial charge is 0.102 e. The lowest BCUT2D eigenvalue weighted by atomic mass is 10.8. The molecular weight excluding hydrogens is 191 g/mol. The van der Waals surface area contributed by atoms with Crippen LogP contribution in [0.5, 0.6) is 0 Å². The first-order valence-electron chi connectivity index (χ1n) is 1.08. The van der Waals surface area contributed by atoms with Crippen LogP contribution in [0.15, 0.2) is 12.7 Å². The summed E-state index contributed by atoms with van der Waals surface area (Å²) in [4.78, 5) is 0. The highest BCUT2D eigenvalue weighted by atomic mass is 127. The monoisotopic (exact) mass is 200 g/mol. The van der Waals surface area contributed by atoms with Gasteiger partial charge in [0.1, 0.15) is 0 Å². The maximum Gasteiger partial charge on any atom is 0.0173 e. The van der Waals surface area contributed by atoms with Gasteiger partial charge < -0.3 is 0 Å². The molecule has 0 saturated carbocycles. The average molecular weight is 200 g/mol. The Morgan fingerprint density at radius 3 is 2.00 bits per heavy atom. The number of rotatable bonds is 1. The zero-order valence-corrected chi connectivity index (χ0v) is 4.53. The van der Waals surface area contributed by atoms with Gasteiger partial charge in [-0.1, -0.05) is 28.7 Å². The molecule has 0 bridgehead atoms. The van der Waals surface area contributed by atoms with Crippen molar-refractivity contribution < 1.29 is 0 Å². The van der Waals surface area contributed by atoms with Crippen LogP contribution in [0.25, 0.3) is 0 Å². The van der Waals surface area contributed by atoms with Crippen LogP contribution in [0.2, 0.25) is 0 Å². The fourth-order valence-corrected chi connectivity index (χ4v) is 0. The molecular formula is C3H9ISi. The van der Waals surface area contributed by atoms with Crippen molar-refractivity contribution in [2.24, 2.45) is 0 Å². The van der Waals surface area contributed by atoms with Gasteiger partial charge in [-0.25, -0.2) is 0 Å². The third kappa shape index (κ3) is 11.9. The van der Waals surface area contributed by atoms with Crippen LogP contribution in [-0.4, -0.2) is 15.4 Å². The summed E-state index contributed by atoms with van der Waals surface area (Å²) in [7, 11) is 0. The SMILES string of the molecule is C=CCI.[SiH4]. The Kier molecular flexibility index (Phi) is 16.2. The molecule has 0 aliphatic carbocycles. The highest BCUT2D eigenvalue weighted by Gasteiger charge is 1.47. The normalized spacial score (nSPS) is 5.00. The molecule has 2 heteroatoms. The van der Waals surface area contributed by atoms with E-state index < -0.39 is 0 Å². The fraction of sp³-hybridized carbons (Fsp3) is 0.333. The third-order valence-corrected chi connectivity index (χ3v) is 0.732. The number of alkyl halides is 1. The van der Waals surface area contributed by atoms with Crippen molar-refractivity contribution >= 4 is 33.6 Å². The Balaban J connectivity index is 0. The van der Waals surface area contributed by atoms with E-state index >= 15 is 0 Å². The van der Waals surface area contributed by atoms with Crippen molar-refractivity contribution in [3.63, 3.8) is 0 Å². The molecule has 0 N–H and O–H groups in total. The predicted octanol–water partition coefficient (Wildman–Crippen LogP) is 0.156. The van der Waals surface area contributed by atoms with E-state index in [0.717, 1.165) is 4.43 Å². The number of hydrogen-bond donors (Lipinski definition) is 0. The van der Waals surface area contributed by atoms with Crippen LogP contribution in [-0.2, 0) is 0 Å². The summed E-state index contributed by atoms with van der Waals surface area (Å²) in [6.07, 6.45) is 1.86. The topological polar surface area (TPSA) is 0 Å². The molecule has 5 heavy (non-hydrogen) atoms. The summed E-state index contributed by atoms with van der Waals surface area (Å²) >= 11 is 2.23. The lowest BCUT2D eigenvalue weighted by Gasteiger charge is -1.55. The van der Waals surface area contributed by atoms with Crippen molar-refractivity contribution in [2.75, 3.05) is 4.43 Å². The van der Waals surface area contributed by atoms with Gasteiger partial charge in [-0.2, -0.15) is 0 Å². The van der Waals surface area contributed by atoms with Crippen molar-refractivity contribution in [1.29, 1.82) is 0 Å². The van der Waals surface area contributed by atoms with E-state index in [9.17, 15) is 0 Å². The van der Waals surface area contributed by atoms with Crippen LogP contribution in [0, 0.1) is 0 Å². The van der Waals surface area contributed by atoms with Crippen LogP contribution in [0.1, 0.15) is 0 Å². The van der Waals surface area contributed by atoms with Gasteiger partial charge in [-0.05, 0) is 11.0 Å². The van der Waals surface area contributed by atoms with Gasteiger partial charge in [-0.15, -0.1) is 6.58 Å². The molecule has 32 valence electrons. The van der Waals surface area contributed by atoms with Gasteiger partial charge in [-0.3, -0.25) is 0 Å². The molecule has 0 atom stereocenters. The predicted molar refractivity (Wildman–Crippen MR) is 40.4 cm³/mol. The number of allylic oxidation sites excluding steroid dienone is 1. The van der Waals surface area contributed by atoms with E-state index in [1.165, 1.54) is 0 Å². The zero-order chi connectivity index (χ0) is 3.41. The minimum atomic E-state index is 0. The molecule has 0 radical (unpaired) electrons. The van der Waals surface area contributed by atoms with Crippen molar-refractivity contribution in [3.05, 3.63) is 12.7 Å². The van der Waals surface area contributed by atoms with Gasteiger partial charge in [0.25, 0.3) is 0 Å². The highest BCUT2D eigenvalue weighted by Crippen LogP contribution is 1.75. The van der Waals surface area contributed by atoms with Crippen molar-refractivity contribution in [1.82, 2.24) is 0 Å². The van der Waals surface area contributed by atoms with Crippen LogP contribution >= 0.6 is 22.6 Å². The van der Waals surface area contributed by atoms with Crippen LogP contribution < -0.4 is 0 Å². The second-order valence-electron chi connectivity index (χ2n) is 0.443. The second-order valence-corrected chi connectivity index (χ2v) is 1.32. The second kappa shape index (κ2) is 8.82. The van der Waals surface area contributed by atoms with Gasteiger partial charge in [0.15, 0.2) is 0 Å². The molecule has 0 aromatic rings. The van der Waals surface area contributed by atoms with E-state index in [-0.39, 0.29) is 11.0 Å². The minimum Gasteiger partial charge on any atom is -0.102 e. The minimum absolute atomic E-state index is 0. The Labute approximate surface area is 50.8 Å². The van der Waals surface area contributed by atoms with E-state index in [0.29, 0.717) is 0 Å². The highest BCUT2D eigenvalue weighted by molar-refractivity contribution is 14.1. The summed E-state index contributed by atoms with van der Waals surface area (Å²) in [5.74, 6) is 0. The Hall–Kier alpha value is 0.687. The van der Waals surface area contributed by atoms with Crippen LogP contribution in [0.4, 0.5) is 0 Å². The molecule has 0 aliphatic heterocycles. The van der Waals surface area contributed by atoms with Crippen LogP contribution in [0.3, 0.4) is 0 Å². The number of hydrogen-bond acceptors (Lipinski definition) is 0. The molecule has 0 aliphatic rings. The summed E-state index contributed by atoms with van der Waals surface area (Å²) < 4.78 is 1.05. The summed E-state index contributed by atoms with van der Waals surface area (Å²) in [6.45, 7) is 3.47. The Morgan fingerprint density at radius 1 is 1.80 bits per heavy atom. The molecule has 0 nitrogen and oxygen atoms in total. The van der Waals surface area contributed by atoms with Gasteiger partial charge in [0.05, 0.1) is 0 Å². The maximum atomic E-state index is 3.47. The third-order valence-electron chi connectivity index (χ3n) is 0.109. The summed E-state index contributed by atoms with van der Waals surface area (Å²) in [5, 5.41) is 0. The molecule has 0 unspecified atom stereocenters. The van der Waals surface area contributed by atoms with Gasteiger partial charge in [0, 0.05) is 4.43 Å². The first kappa shape index (κ1) is 9.19. The standard InChI is InChI=1S/C3H5I.H4Si/c1-2-3-4;/h2H,1,3H2;1H4. The quantitative estimate of drug-likeness (QED) is 0.245. The zero-order valence-electron chi connectivity index (χ0n) is 2.37.